The van der Waals surface area contributed by atoms with E-state index in [2.05, 4.69) is 4.90 Å². The van der Waals surface area contributed by atoms with Gasteiger partial charge in [-0.05, 0) is 31.6 Å². The third-order valence-electron chi connectivity index (χ3n) is 6.34. The lowest BCUT2D eigenvalue weighted by molar-refractivity contribution is -0.140. The van der Waals surface area contributed by atoms with Crippen LogP contribution in [0, 0.1) is 11.3 Å². The molecule has 4 nitrogen and oxygen atoms in total. The molecule has 0 spiro atoms. The van der Waals surface area contributed by atoms with E-state index >= 15 is 0 Å². The first-order valence-corrected chi connectivity index (χ1v) is 9.36. The van der Waals surface area contributed by atoms with Crippen LogP contribution in [0.25, 0.3) is 0 Å². The van der Waals surface area contributed by atoms with Gasteiger partial charge in [-0.2, -0.15) is 0 Å². The number of hydrogen-bond acceptors (Lipinski definition) is 3. The minimum Gasteiger partial charge on any atom is -0.379 e. The molecule has 126 valence electrons. The van der Waals surface area contributed by atoms with Gasteiger partial charge in [-0.1, -0.05) is 38.5 Å². The summed E-state index contributed by atoms with van der Waals surface area (Å²) in [6.45, 7) is 3.54. The van der Waals surface area contributed by atoms with E-state index in [-0.39, 0.29) is 11.3 Å². The van der Waals surface area contributed by atoms with E-state index in [1.165, 1.54) is 38.5 Å². The fourth-order valence-electron chi connectivity index (χ4n) is 5.27. The monoisotopic (exact) mass is 308 g/mol. The van der Waals surface area contributed by atoms with E-state index in [9.17, 15) is 4.79 Å². The number of rotatable bonds is 4. The van der Waals surface area contributed by atoms with Gasteiger partial charge in [-0.25, -0.2) is 0 Å². The van der Waals surface area contributed by atoms with Crippen LogP contribution in [0.4, 0.5) is 0 Å². The average molecular weight is 308 g/mol. The Morgan fingerprint density at radius 2 is 1.59 bits per heavy atom. The SMILES string of the molecule is NC(=O)C1(C(C2CCCCC2)N2CCOCC2)CCCCC1. The van der Waals surface area contributed by atoms with Gasteiger partial charge in [0.1, 0.15) is 0 Å². The van der Waals surface area contributed by atoms with Crippen molar-refractivity contribution in [1.82, 2.24) is 4.90 Å². The number of nitrogens with zero attached hydrogens (tertiary/aromatic N) is 1. The highest BCUT2D eigenvalue weighted by Crippen LogP contribution is 2.47. The van der Waals surface area contributed by atoms with E-state index in [1.807, 2.05) is 0 Å². The van der Waals surface area contributed by atoms with Crippen LogP contribution in [0.15, 0.2) is 0 Å². The van der Waals surface area contributed by atoms with Gasteiger partial charge in [-0.15, -0.1) is 0 Å². The van der Waals surface area contributed by atoms with Crippen molar-refractivity contribution in [2.45, 2.75) is 70.3 Å². The Balaban J connectivity index is 1.88. The Labute approximate surface area is 134 Å². The summed E-state index contributed by atoms with van der Waals surface area (Å²) < 4.78 is 5.56. The second-order valence-electron chi connectivity index (χ2n) is 7.57. The predicted molar refractivity (Wildman–Crippen MR) is 87.5 cm³/mol. The summed E-state index contributed by atoms with van der Waals surface area (Å²) in [6, 6.07) is 0.356. The molecule has 3 rings (SSSR count). The fraction of sp³-hybridized carbons (Fsp3) is 0.944. The van der Waals surface area contributed by atoms with Crippen LogP contribution in [-0.2, 0) is 9.53 Å². The van der Waals surface area contributed by atoms with Crippen LogP contribution in [0.5, 0.6) is 0 Å². The molecule has 1 saturated heterocycles. The van der Waals surface area contributed by atoms with Crippen LogP contribution in [0.3, 0.4) is 0 Å². The van der Waals surface area contributed by atoms with E-state index in [0.717, 1.165) is 52.0 Å². The normalized spacial score (nSPS) is 29.1. The Morgan fingerprint density at radius 1 is 1.00 bits per heavy atom. The maximum absolute atomic E-state index is 12.6. The van der Waals surface area contributed by atoms with Crippen molar-refractivity contribution < 1.29 is 9.53 Å². The predicted octanol–water partition coefficient (Wildman–Crippen LogP) is 2.70. The smallest absolute Gasteiger partial charge is 0.225 e. The van der Waals surface area contributed by atoms with Gasteiger partial charge < -0.3 is 10.5 Å². The van der Waals surface area contributed by atoms with Crippen molar-refractivity contribution in [3.63, 3.8) is 0 Å². The molecular formula is C18H32N2O2. The molecule has 2 N–H and O–H groups in total. The molecule has 1 unspecified atom stereocenters. The molecule has 0 aromatic carbocycles. The third kappa shape index (κ3) is 3.18. The zero-order valence-corrected chi connectivity index (χ0v) is 13.9. The molecule has 1 amide bonds. The van der Waals surface area contributed by atoms with Gasteiger partial charge in [0.15, 0.2) is 0 Å². The molecule has 4 heteroatoms. The number of carbonyl (C=O) groups excluding carboxylic acids is 1. The number of hydrogen-bond donors (Lipinski definition) is 1. The van der Waals surface area contributed by atoms with Crippen LogP contribution in [-0.4, -0.2) is 43.2 Å². The Morgan fingerprint density at radius 3 is 2.18 bits per heavy atom. The van der Waals surface area contributed by atoms with Crippen molar-refractivity contribution in [1.29, 1.82) is 0 Å². The minimum atomic E-state index is -0.280. The number of amides is 1. The van der Waals surface area contributed by atoms with Gasteiger partial charge in [-0.3, -0.25) is 9.69 Å². The second-order valence-corrected chi connectivity index (χ2v) is 7.57. The number of morpholine rings is 1. The topological polar surface area (TPSA) is 55.6 Å². The summed E-state index contributed by atoms with van der Waals surface area (Å²) in [5.41, 5.74) is 5.74. The maximum Gasteiger partial charge on any atom is 0.225 e. The standard InChI is InChI=1S/C18H32N2O2/c19-17(21)18(9-5-2-6-10-18)16(15-7-3-1-4-8-15)20-11-13-22-14-12-20/h15-16H,1-14H2,(H2,19,21). The number of carbonyl (C=O) groups is 1. The molecule has 1 aliphatic heterocycles. The van der Waals surface area contributed by atoms with Crippen LogP contribution in [0.1, 0.15) is 64.2 Å². The number of nitrogens with two attached hydrogens (primary N) is 1. The van der Waals surface area contributed by atoms with Gasteiger partial charge in [0.2, 0.25) is 5.91 Å². The molecule has 2 saturated carbocycles. The highest BCUT2D eigenvalue weighted by Gasteiger charge is 2.50. The summed E-state index contributed by atoms with van der Waals surface area (Å²) in [7, 11) is 0. The minimum absolute atomic E-state index is 0.0331. The van der Waals surface area contributed by atoms with Crippen molar-refractivity contribution in [2.24, 2.45) is 17.1 Å². The Kier molecular flexibility index (Phi) is 5.40. The number of ether oxygens (including phenoxy) is 1. The molecular weight excluding hydrogens is 276 g/mol. The second kappa shape index (κ2) is 7.31. The fourth-order valence-corrected chi connectivity index (χ4v) is 5.27. The zero-order valence-electron chi connectivity index (χ0n) is 13.9. The van der Waals surface area contributed by atoms with Crippen molar-refractivity contribution in [2.75, 3.05) is 26.3 Å². The quantitative estimate of drug-likeness (QED) is 0.869. The molecule has 0 aromatic rings. The van der Waals surface area contributed by atoms with Crippen molar-refractivity contribution in [3.05, 3.63) is 0 Å². The molecule has 1 atom stereocenters. The zero-order chi connectivity index (χ0) is 15.4. The van der Waals surface area contributed by atoms with Crippen molar-refractivity contribution >= 4 is 5.91 Å². The van der Waals surface area contributed by atoms with Crippen LogP contribution in [0.2, 0.25) is 0 Å². The van der Waals surface area contributed by atoms with Crippen molar-refractivity contribution in [3.8, 4) is 0 Å². The Hall–Kier alpha value is -0.610. The summed E-state index contributed by atoms with van der Waals surface area (Å²) in [6.07, 6.45) is 12.1. The molecule has 2 aliphatic carbocycles. The summed E-state index contributed by atoms with van der Waals surface area (Å²) in [5.74, 6) is 0.617. The first-order chi connectivity index (χ1) is 10.7. The van der Waals surface area contributed by atoms with Gasteiger partial charge in [0, 0.05) is 19.1 Å². The van der Waals surface area contributed by atoms with Gasteiger partial charge >= 0.3 is 0 Å². The molecule has 0 aromatic heterocycles. The molecule has 22 heavy (non-hydrogen) atoms. The molecule has 3 fully saturated rings. The average Bonchev–Trinajstić information content (AvgIpc) is 2.58. The lowest BCUT2D eigenvalue weighted by Crippen LogP contribution is -2.60. The largest absolute Gasteiger partial charge is 0.379 e. The first-order valence-electron chi connectivity index (χ1n) is 9.36. The van der Waals surface area contributed by atoms with E-state index < -0.39 is 0 Å². The van der Waals surface area contributed by atoms with E-state index in [4.69, 9.17) is 10.5 Å². The van der Waals surface area contributed by atoms with Crippen LogP contribution >= 0.6 is 0 Å². The van der Waals surface area contributed by atoms with Gasteiger partial charge in [0.25, 0.3) is 0 Å². The summed E-state index contributed by atoms with van der Waals surface area (Å²) >= 11 is 0. The summed E-state index contributed by atoms with van der Waals surface area (Å²) in [5, 5.41) is 0. The highest BCUT2D eigenvalue weighted by atomic mass is 16.5. The van der Waals surface area contributed by atoms with E-state index in [1.54, 1.807) is 0 Å². The first kappa shape index (κ1) is 16.3. The molecule has 1 heterocycles. The lowest BCUT2D eigenvalue weighted by atomic mass is 9.62. The maximum atomic E-state index is 12.6. The number of primary amides is 1. The highest BCUT2D eigenvalue weighted by molar-refractivity contribution is 5.82. The van der Waals surface area contributed by atoms with E-state index in [0.29, 0.717) is 12.0 Å². The molecule has 0 bridgehead atoms. The summed E-state index contributed by atoms with van der Waals surface area (Å²) in [4.78, 5) is 15.1. The van der Waals surface area contributed by atoms with Crippen LogP contribution < -0.4 is 5.73 Å². The molecule has 0 radical (unpaired) electrons. The third-order valence-corrected chi connectivity index (χ3v) is 6.34. The molecule has 3 aliphatic rings. The van der Waals surface area contributed by atoms with Gasteiger partial charge in [0.05, 0.1) is 18.6 Å². The lowest BCUT2D eigenvalue weighted by Gasteiger charge is -2.51. The Bertz CT molecular complexity index is 349.